The van der Waals surface area contributed by atoms with Crippen molar-refractivity contribution in [2.24, 2.45) is 5.41 Å². The number of aromatic nitrogens is 4. The third kappa shape index (κ3) is 3.96. The highest BCUT2D eigenvalue weighted by atomic mass is 79.9. The molecule has 0 bridgehead atoms. The van der Waals surface area contributed by atoms with Gasteiger partial charge in [0.15, 0.2) is 5.82 Å². The van der Waals surface area contributed by atoms with E-state index >= 15 is 0 Å². The van der Waals surface area contributed by atoms with E-state index < -0.39 is 11.4 Å². The zero-order chi connectivity index (χ0) is 23.5. The Bertz CT molecular complexity index is 1200. The zero-order valence-electron chi connectivity index (χ0n) is 19.9. The molecule has 1 aliphatic heterocycles. The normalized spacial score (nSPS) is 21.1. The summed E-state index contributed by atoms with van der Waals surface area (Å²) in [5.41, 5.74) is 5.56. The molecule has 1 fully saturated rings. The Morgan fingerprint density at radius 3 is 2.67 bits per heavy atom. The number of rotatable bonds is 3. The fraction of sp³-hybridized carbons (Fsp3) is 0.542. The van der Waals surface area contributed by atoms with Gasteiger partial charge >= 0.3 is 0 Å². The number of aryl methyl sites for hydroxylation is 2. The van der Waals surface area contributed by atoms with Gasteiger partial charge < -0.3 is 9.45 Å². The molecule has 1 saturated heterocycles. The van der Waals surface area contributed by atoms with E-state index in [2.05, 4.69) is 41.7 Å². The molecule has 5 rings (SSSR count). The molecule has 0 unspecified atom stereocenters. The van der Waals surface area contributed by atoms with Crippen LogP contribution in [0.5, 0.6) is 0 Å². The molecule has 2 aliphatic rings. The van der Waals surface area contributed by atoms with E-state index in [0.717, 1.165) is 59.7 Å². The van der Waals surface area contributed by atoms with Crippen LogP contribution in [0.1, 0.15) is 62.2 Å². The van der Waals surface area contributed by atoms with Crippen LogP contribution in [0.25, 0.3) is 5.52 Å². The number of hydrogen-bond donors (Lipinski definition) is 1. The van der Waals surface area contributed by atoms with Crippen molar-refractivity contribution in [3.63, 3.8) is 0 Å². The number of halogens is 1. The summed E-state index contributed by atoms with van der Waals surface area (Å²) in [6.45, 7) is 11.9. The van der Waals surface area contributed by atoms with Crippen LogP contribution in [0.3, 0.4) is 0 Å². The number of pyridine rings is 1. The zero-order valence-corrected chi connectivity index (χ0v) is 22.3. The highest BCUT2D eigenvalue weighted by Crippen LogP contribution is 2.53. The fourth-order valence-electron chi connectivity index (χ4n) is 5.23. The van der Waals surface area contributed by atoms with Crippen LogP contribution in [0.15, 0.2) is 29.1 Å². The first-order chi connectivity index (χ1) is 15.6. The lowest BCUT2D eigenvalue weighted by Crippen LogP contribution is -2.50. The Hall–Kier alpha value is -1.68. The number of anilines is 1. The van der Waals surface area contributed by atoms with Gasteiger partial charge in [-0.25, -0.2) is 9.50 Å². The Morgan fingerprint density at radius 2 is 1.97 bits per heavy atom. The maximum Gasteiger partial charge on any atom is 0.155 e. The van der Waals surface area contributed by atoms with E-state index in [0.29, 0.717) is 0 Å². The van der Waals surface area contributed by atoms with Crippen molar-refractivity contribution in [1.82, 2.24) is 24.3 Å². The third-order valence-corrected chi connectivity index (χ3v) is 9.57. The van der Waals surface area contributed by atoms with Crippen LogP contribution in [-0.4, -0.2) is 42.0 Å². The molecule has 9 heteroatoms. The highest BCUT2D eigenvalue weighted by molar-refractivity contribution is 9.10. The number of nitrogens with zero attached hydrogens (tertiary/aromatic N) is 5. The minimum absolute atomic E-state index is 0.0240. The fourth-order valence-corrected chi connectivity index (χ4v) is 6.55. The van der Waals surface area contributed by atoms with Crippen LogP contribution < -0.4 is 9.62 Å². The van der Waals surface area contributed by atoms with Gasteiger partial charge in [0.1, 0.15) is 14.9 Å². The average Bonchev–Trinajstić information content (AvgIpc) is 3.35. The van der Waals surface area contributed by atoms with Crippen molar-refractivity contribution in [1.29, 1.82) is 0 Å². The molecule has 0 aromatic carbocycles. The van der Waals surface area contributed by atoms with E-state index in [4.69, 9.17) is 4.98 Å². The second-order valence-corrected chi connectivity index (χ2v) is 13.2. The van der Waals surface area contributed by atoms with E-state index in [-0.39, 0.29) is 16.2 Å². The third-order valence-electron chi connectivity index (χ3n) is 7.10. The molecule has 1 N–H and O–H groups in total. The van der Waals surface area contributed by atoms with Crippen LogP contribution in [0, 0.1) is 19.3 Å². The van der Waals surface area contributed by atoms with Gasteiger partial charge in [0.25, 0.3) is 0 Å². The quantitative estimate of drug-likeness (QED) is 0.504. The topological polar surface area (TPSA) is 81.4 Å². The molecule has 0 saturated carbocycles. The van der Waals surface area contributed by atoms with Gasteiger partial charge in [-0.3, -0.25) is 4.98 Å². The maximum absolute atomic E-state index is 13.1. The first-order valence-corrected chi connectivity index (χ1v) is 13.4. The molecule has 0 amide bonds. The molecule has 1 spiro atoms. The smallest absolute Gasteiger partial charge is 0.155 e. The van der Waals surface area contributed by atoms with E-state index in [1.807, 2.05) is 57.6 Å². The van der Waals surface area contributed by atoms with Gasteiger partial charge in [0.05, 0.1) is 17.9 Å². The van der Waals surface area contributed by atoms with Gasteiger partial charge in [0.2, 0.25) is 0 Å². The lowest BCUT2D eigenvalue weighted by Gasteiger charge is -2.44. The molecule has 3 aromatic heterocycles. The minimum Gasteiger partial charge on any atom is -0.598 e. The van der Waals surface area contributed by atoms with Crippen LogP contribution in [0.4, 0.5) is 5.82 Å². The highest BCUT2D eigenvalue weighted by Gasteiger charge is 2.51. The standard InChI is InChI=1S/C24H31BrN6OS/c1-15-12-17-13-24(20(18(17)14-26-15)29-33(32)23(3,4)5)7-10-30(11-8-24)22-19-6-9-27-31(19)21(25)16(2)28-22/h6,9,12,14,20,29H,7-8,10-11,13H2,1-5H3/t20-,33-/m1/s1. The van der Waals surface area contributed by atoms with Crippen molar-refractivity contribution >= 4 is 38.6 Å². The molecule has 4 heterocycles. The Morgan fingerprint density at radius 1 is 1.24 bits per heavy atom. The SMILES string of the molecule is Cc1cc2c(cn1)[C@@H](N[S@+]([O-])C(C)(C)C)C1(CCN(c3nc(C)c(Br)n4nccc34)CC1)C2. The molecular weight excluding hydrogens is 500 g/mol. The summed E-state index contributed by atoms with van der Waals surface area (Å²) >= 11 is 2.46. The second-order valence-electron chi connectivity index (χ2n) is 10.4. The van der Waals surface area contributed by atoms with Crippen LogP contribution in [0.2, 0.25) is 0 Å². The Kier molecular flexibility index (Phi) is 5.75. The molecule has 2 atom stereocenters. The summed E-state index contributed by atoms with van der Waals surface area (Å²) in [4.78, 5) is 11.9. The second kappa shape index (κ2) is 8.22. The predicted molar refractivity (Wildman–Crippen MR) is 136 cm³/mol. The predicted octanol–water partition coefficient (Wildman–Crippen LogP) is 4.44. The number of nitrogens with one attached hydrogen (secondary N) is 1. The number of hydrogen-bond acceptors (Lipinski definition) is 6. The summed E-state index contributed by atoms with van der Waals surface area (Å²) in [5, 5.41) is 4.46. The van der Waals surface area contributed by atoms with Gasteiger partial charge in [-0.15, -0.1) is 4.72 Å². The van der Waals surface area contributed by atoms with Crippen molar-refractivity contribution in [3.05, 3.63) is 51.6 Å². The van der Waals surface area contributed by atoms with Gasteiger partial charge in [0, 0.05) is 41.8 Å². The number of fused-ring (bicyclic) bond motifs is 2. The van der Waals surface area contributed by atoms with Gasteiger partial charge in [-0.2, -0.15) is 5.10 Å². The molecule has 1 aliphatic carbocycles. The van der Waals surface area contributed by atoms with E-state index in [9.17, 15) is 4.55 Å². The molecular formula is C24H31BrN6OS. The van der Waals surface area contributed by atoms with Crippen molar-refractivity contribution in [2.45, 2.75) is 64.7 Å². The van der Waals surface area contributed by atoms with Gasteiger partial charge in [-0.1, -0.05) is 0 Å². The average molecular weight is 532 g/mol. The van der Waals surface area contributed by atoms with E-state index in [1.54, 1.807) is 0 Å². The maximum atomic E-state index is 13.1. The lowest BCUT2D eigenvalue weighted by molar-refractivity contribution is 0.176. The molecule has 7 nitrogen and oxygen atoms in total. The first kappa shape index (κ1) is 23.1. The van der Waals surface area contributed by atoms with Crippen molar-refractivity contribution < 1.29 is 4.55 Å². The van der Waals surface area contributed by atoms with Crippen molar-refractivity contribution in [3.8, 4) is 0 Å². The largest absolute Gasteiger partial charge is 0.598 e. The first-order valence-electron chi connectivity index (χ1n) is 11.5. The van der Waals surface area contributed by atoms with Gasteiger partial charge in [-0.05, 0) is 93.1 Å². The summed E-state index contributed by atoms with van der Waals surface area (Å²) in [5.74, 6) is 0.985. The van der Waals surface area contributed by atoms with Crippen LogP contribution >= 0.6 is 15.9 Å². The Balaban J connectivity index is 1.45. The number of piperidine rings is 1. The monoisotopic (exact) mass is 530 g/mol. The minimum atomic E-state index is -1.15. The summed E-state index contributed by atoms with van der Waals surface area (Å²) in [7, 11) is 0. The van der Waals surface area contributed by atoms with Crippen molar-refractivity contribution in [2.75, 3.05) is 18.0 Å². The molecule has 33 heavy (non-hydrogen) atoms. The Labute approximate surface area is 206 Å². The molecule has 0 radical (unpaired) electrons. The van der Waals surface area contributed by atoms with E-state index in [1.165, 1.54) is 11.1 Å². The lowest BCUT2D eigenvalue weighted by atomic mass is 9.73. The summed E-state index contributed by atoms with van der Waals surface area (Å²) in [6.07, 6.45) is 6.81. The molecule has 176 valence electrons. The van der Waals surface area contributed by atoms with Crippen LogP contribution in [-0.2, 0) is 17.8 Å². The molecule has 3 aromatic rings. The summed E-state index contributed by atoms with van der Waals surface area (Å²) in [6, 6.07) is 4.27. The summed E-state index contributed by atoms with van der Waals surface area (Å²) < 4.78 is 19.2.